The van der Waals surface area contributed by atoms with E-state index in [9.17, 15) is 28.0 Å². The second kappa shape index (κ2) is 10.5. The summed E-state index contributed by atoms with van der Waals surface area (Å²) in [7, 11) is 0. The minimum absolute atomic E-state index is 0.0197. The summed E-state index contributed by atoms with van der Waals surface area (Å²) in [5.41, 5.74) is 6.28. The average Bonchev–Trinajstić information content (AvgIpc) is 3.35. The number of nitriles is 1. The monoisotopic (exact) mass is 552 g/mol. The number of amides is 1. The van der Waals surface area contributed by atoms with Crippen LogP contribution in [0, 0.1) is 11.3 Å². The number of carbonyl (C=O) groups is 1. The van der Waals surface area contributed by atoms with E-state index in [0.717, 1.165) is 36.3 Å². The van der Waals surface area contributed by atoms with Crippen LogP contribution in [0.3, 0.4) is 0 Å². The van der Waals surface area contributed by atoms with Gasteiger partial charge in [-0.3, -0.25) is 14.2 Å². The van der Waals surface area contributed by atoms with Crippen molar-refractivity contribution in [2.24, 2.45) is 5.73 Å². The number of thiophene rings is 1. The van der Waals surface area contributed by atoms with Crippen molar-refractivity contribution < 1.29 is 18.0 Å². The summed E-state index contributed by atoms with van der Waals surface area (Å²) in [4.78, 5) is 33.5. The zero-order chi connectivity index (χ0) is 27.7. The Morgan fingerprint density at radius 2 is 2.00 bits per heavy atom. The van der Waals surface area contributed by atoms with Gasteiger partial charge in [-0.25, -0.2) is 4.98 Å². The van der Waals surface area contributed by atoms with Gasteiger partial charge in [0.25, 0.3) is 11.5 Å². The van der Waals surface area contributed by atoms with Gasteiger partial charge in [-0.15, -0.1) is 11.3 Å². The molecule has 1 aliphatic rings. The molecule has 0 aliphatic carbocycles. The van der Waals surface area contributed by atoms with Crippen LogP contribution in [0.5, 0.6) is 0 Å². The number of piperidine rings is 1. The molecular formula is C27H23F3N6O2S. The van der Waals surface area contributed by atoms with Crippen LogP contribution in [-0.4, -0.2) is 34.6 Å². The Kier molecular flexibility index (Phi) is 7.12. The van der Waals surface area contributed by atoms with Crippen molar-refractivity contribution in [2.75, 3.05) is 23.3 Å². The number of nitrogens with zero attached hydrogens (tertiary/aromatic N) is 4. The number of hydrogen-bond donors (Lipinski definition) is 2. The molecule has 3 heterocycles. The Morgan fingerprint density at radius 3 is 2.74 bits per heavy atom. The third-order valence-corrected chi connectivity index (χ3v) is 7.60. The first kappa shape index (κ1) is 26.4. The third kappa shape index (κ3) is 5.50. The molecule has 5 rings (SSSR count). The number of halogens is 3. The number of rotatable bonds is 5. The van der Waals surface area contributed by atoms with Crippen molar-refractivity contribution >= 4 is 39.1 Å². The summed E-state index contributed by atoms with van der Waals surface area (Å²) in [5.74, 6) is -0.266. The summed E-state index contributed by atoms with van der Waals surface area (Å²) in [5, 5.41) is 12.0. The molecule has 1 fully saturated rings. The van der Waals surface area contributed by atoms with Gasteiger partial charge in [-0.1, -0.05) is 24.3 Å². The Balaban J connectivity index is 1.55. The zero-order valence-corrected chi connectivity index (χ0v) is 21.4. The second-order valence-corrected chi connectivity index (χ2v) is 10.3. The number of benzene rings is 2. The van der Waals surface area contributed by atoms with E-state index in [-0.39, 0.29) is 33.4 Å². The lowest BCUT2D eigenvalue weighted by Gasteiger charge is -2.33. The maximum atomic E-state index is 13.8. The molecule has 0 radical (unpaired) electrons. The lowest BCUT2D eigenvalue weighted by Crippen LogP contribution is -2.45. The second-order valence-electron chi connectivity index (χ2n) is 9.28. The van der Waals surface area contributed by atoms with Crippen molar-refractivity contribution in [3.63, 3.8) is 0 Å². The minimum atomic E-state index is -4.55. The molecule has 0 spiro atoms. The standard InChI is InChI=1S/C27H23F3N6O2S/c28-27(29,30)18-7-3-9-20(11-18)33-24(37)22-12-21-23(39-22)25(38)36(14-17-6-2-1-5-16(17)13-31)26(34-21)35-10-4-8-19(32)15-35/h1-3,5-7,9,11-12,19H,4,8,10,14-15,32H2,(H,33,37)/t19-/m1/s1. The van der Waals surface area contributed by atoms with Crippen LogP contribution in [0.2, 0.25) is 0 Å². The van der Waals surface area contributed by atoms with E-state index in [1.807, 2.05) is 4.90 Å². The Morgan fingerprint density at radius 1 is 1.21 bits per heavy atom. The number of aromatic nitrogens is 2. The van der Waals surface area contributed by atoms with E-state index in [1.54, 1.807) is 24.3 Å². The fourth-order valence-electron chi connectivity index (χ4n) is 4.59. The predicted molar refractivity (Wildman–Crippen MR) is 143 cm³/mol. The van der Waals surface area contributed by atoms with Crippen LogP contribution < -0.4 is 21.5 Å². The van der Waals surface area contributed by atoms with Crippen LogP contribution in [0.4, 0.5) is 24.8 Å². The number of fused-ring (bicyclic) bond motifs is 1. The van der Waals surface area contributed by atoms with Crippen LogP contribution in [-0.2, 0) is 12.7 Å². The van der Waals surface area contributed by atoms with Crippen LogP contribution >= 0.6 is 11.3 Å². The van der Waals surface area contributed by atoms with Gasteiger partial charge in [0.15, 0.2) is 0 Å². The molecule has 0 unspecified atom stereocenters. The van der Waals surface area contributed by atoms with Crippen LogP contribution in [0.15, 0.2) is 59.4 Å². The molecule has 0 saturated carbocycles. The molecule has 1 aliphatic heterocycles. The fourth-order valence-corrected chi connectivity index (χ4v) is 5.53. The largest absolute Gasteiger partial charge is 0.416 e. The summed E-state index contributed by atoms with van der Waals surface area (Å²) in [6, 6.07) is 14.8. The number of nitrogens with two attached hydrogens (primary N) is 1. The lowest BCUT2D eigenvalue weighted by molar-refractivity contribution is -0.137. The summed E-state index contributed by atoms with van der Waals surface area (Å²) >= 11 is 0.913. The number of nitrogens with one attached hydrogen (secondary N) is 1. The Bertz CT molecular complexity index is 1660. The maximum absolute atomic E-state index is 13.8. The first-order valence-corrected chi connectivity index (χ1v) is 13.0. The smallest absolute Gasteiger partial charge is 0.341 e. The normalized spacial score (nSPS) is 15.8. The highest BCUT2D eigenvalue weighted by atomic mass is 32.1. The van der Waals surface area contributed by atoms with Gasteiger partial charge < -0.3 is 16.0 Å². The van der Waals surface area contributed by atoms with Crippen molar-refractivity contribution in [2.45, 2.75) is 31.6 Å². The number of hydrogen-bond acceptors (Lipinski definition) is 7. The van der Waals surface area contributed by atoms with Gasteiger partial charge in [0.05, 0.1) is 34.1 Å². The van der Waals surface area contributed by atoms with Gasteiger partial charge in [0.1, 0.15) is 4.70 Å². The van der Waals surface area contributed by atoms with E-state index in [4.69, 9.17) is 10.7 Å². The molecule has 1 atom stereocenters. The molecule has 1 amide bonds. The van der Waals surface area contributed by atoms with Gasteiger partial charge >= 0.3 is 6.18 Å². The highest BCUT2D eigenvalue weighted by Gasteiger charge is 2.31. The summed E-state index contributed by atoms with van der Waals surface area (Å²) in [6.45, 7) is 1.22. The van der Waals surface area contributed by atoms with E-state index >= 15 is 0 Å². The van der Waals surface area contributed by atoms with Gasteiger partial charge in [-0.05, 0) is 48.7 Å². The number of anilines is 2. The molecule has 1 saturated heterocycles. The minimum Gasteiger partial charge on any atom is -0.341 e. The maximum Gasteiger partial charge on any atom is 0.416 e. The Labute approximate surface area is 225 Å². The van der Waals surface area contributed by atoms with Gasteiger partial charge in [-0.2, -0.15) is 18.4 Å². The third-order valence-electron chi connectivity index (χ3n) is 6.49. The molecule has 2 aromatic heterocycles. The quantitative estimate of drug-likeness (QED) is 0.375. The van der Waals surface area contributed by atoms with Gasteiger partial charge in [0.2, 0.25) is 5.95 Å². The summed E-state index contributed by atoms with van der Waals surface area (Å²) < 4.78 is 41.0. The fraction of sp³-hybridized carbons (Fsp3) is 0.259. The molecule has 0 bridgehead atoms. The molecule has 39 heavy (non-hydrogen) atoms. The molecule has 4 aromatic rings. The molecule has 8 nitrogen and oxygen atoms in total. The highest BCUT2D eigenvalue weighted by molar-refractivity contribution is 7.20. The van der Waals surface area contributed by atoms with E-state index in [1.165, 1.54) is 22.8 Å². The zero-order valence-electron chi connectivity index (χ0n) is 20.5. The van der Waals surface area contributed by atoms with Crippen molar-refractivity contribution in [1.82, 2.24) is 9.55 Å². The molecule has 200 valence electrons. The van der Waals surface area contributed by atoms with Crippen molar-refractivity contribution in [3.05, 3.63) is 86.5 Å². The van der Waals surface area contributed by atoms with E-state index in [0.29, 0.717) is 35.7 Å². The van der Waals surface area contributed by atoms with E-state index < -0.39 is 17.6 Å². The molecule has 3 N–H and O–H groups in total. The highest BCUT2D eigenvalue weighted by Crippen LogP contribution is 2.31. The SMILES string of the molecule is N#Cc1ccccc1Cn1c(N2CCC[C@@H](N)C2)nc2cc(C(=O)Nc3cccc(C(F)(F)F)c3)sc2c1=O. The number of carbonyl (C=O) groups excluding carboxylic acids is 1. The van der Waals surface area contributed by atoms with Crippen LogP contribution in [0.1, 0.15) is 39.2 Å². The average molecular weight is 553 g/mol. The van der Waals surface area contributed by atoms with Crippen LogP contribution in [0.25, 0.3) is 10.2 Å². The van der Waals surface area contributed by atoms with Gasteiger partial charge in [0, 0.05) is 24.8 Å². The first-order chi connectivity index (χ1) is 18.6. The first-order valence-electron chi connectivity index (χ1n) is 12.2. The lowest BCUT2D eigenvalue weighted by atomic mass is 10.1. The van der Waals surface area contributed by atoms with Crippen molar-refractivity contribution in [1.29, 1.82) is 5.26 Å². The van der Waals surface area contributed by atoms with Crippen molar-refractivity contribution in [3.8, 4) is 6.07 Å². The molecule has 2 aromatic carbocycles. The summed E-state index contributed by atoms with van der Waals surface area (Å²) in [6.07, 6.45) is -2.89. The molecular weight excluding hydrogens is 529 g/mol. The number of alkyl halides is 3. The topological polar surface area (TPSA) is 117 Å². The Hall–Kier alpha value is -4.21. The van der Waals surface area contributed by atoms with E-state index in [2.05, 4.69) is 11.4 Å². The molecule has 12 heteroatoms. The predicted octanol–water partition coefficient (Wildman–Crippen LogP) is 4.58.